The van der Waals surface area contributed by atoms with Crippen molar-refractivity contribution in [2.75, 3.05) is 20.1 Å². The normalized spacial score (nSPS) is 17.8. The molecule has 1 aromatic rings. The van der Waals surface area contributed by atoms with Crippen molar-refractivity contribution in [2.24, 2.45) is 16.8 Å². The molecule has 6 nitrogen and oxygen atoms in total. The third-order valence-corrected chi connectivity index (χ3v) is 4.20. The molecule has 24 heavy (non-hydrogen) atoms. The molecule has 1 unspecified atom stereocenters. The van der Waals surface area contributed by atoms with Gasteiger partial charge in [-0.1, -0.05) is 26.0 Å². The number of guanidine groups is 1. The topological polar surface area (TPSA) is 70.8 Å². The van der Waals surface area contributed by atoms with Gasteiger partial charge < -0.3 is 10.2 Å². The number of nitro groups is 1. The maximum atomic E-state index is 10.7. The summed E-state index contributed by atoms with van der Waals surface area (Å²) in [6.07, 6.45) is 2.48. The van der Waals surface area contributed by atoms with Crippen LogP contribution in [0.15, 0.2) is 29.3 Å². The van der Waals surface area contributed by atoms with Gasteiger partial charge >= 0.3 is 0 Å². The van der Waals surface area contributed by atoms with Crippen LogP contribution in [0.25, 0.3) is 0 Å². The molecule has 0 amide bonds. The van der Waals surface area contributed by atoms with Crippen LogP contribution in [-0.2, 0) is 6.54 Å². The first-order chi connectivity index (χ1) is 11.0. The van der Waals surface area contributed by atoms with Gasteiger partial charge in [0.2, 0.25) is 0 Å². The predicted octanol–water partition coefficient (Wildman–Crippen LogP) is 3.66. The highest BCUT2D eigenvalue weighted by atomic mass is 127. The summed E-state index contributed by atoms with van der Waals surface area (Å²) < 4.78 is 0. The number of nitrogens with zero attached hydrogens (tertiary/aromatic N) is 3. The van der Waals surface area contributed by atoms with Gasteiger partial charge in [0, 0.05) is 38.8 Å². The number of rotatable bonds is 5. The van der Waals surface area contributed by atoms with Crippen LogP contribution >= 0.6 is 24.0 Å². The molecule has 134 valence electrons. The number of nitrogens with one attached hydrogen (secondary N) is 1. The molecule has 1 aliphatic heterocycles. The largest absolute Gasteiger partial charge is 0.352 e. The van der Waals surface area contributed by atoms with Gasteiger partial charge in [-0.05, 0) is 30.2 Å². The summed E-state index contributed by atoms with van der Waals surface area (Å²) in [5.74, 6) is 2.39. The number of halogens is 1. The number of benzene rings is 1. The molecular weight excluding hydrogens is 419 g/mol. The first kappa shape index (κ1) is 20.7. The Morgan fingerprint density at radius 1 is 1.42 bits per heavy atom. The van der Waals surface area contributed by atoms with Crippen molar-refractivity contribution in [1.82, 2.24) is 10.2 Å². The molecule has 1 aliphatic rings. The third-order valence-electron chi connectivity index (χ3n) is 4.20. The Kier molecular flexibility index (Phi) is 8.44. The van der Waals surface area contributed by atoms with Crippen molar-refractivity contribution in [2.45, 2.75) is 33.2 Å². The Balaban J connectivity index is 0.00000288. The second-order valence-corrected chi connectivity index (χ2v) is 6.55. The minimum absolute atomic E-state index is 0. The summed E-state index contributed by atoms with van der Waals surface area (Å²) in [6, 6.07) is 6.64. The molecule has 1 saturated heterocycles. The SMILES string of the molecule is CN=C(NCc1ccc([N+](=O)[O-])cc1)N1CCC(CC(C)C)C1.I. The lowest BCUT2D eigenvalue weighted by Crippen LogP contribution is -2.39. The van der Waals surface area contributed by atoms with E-state index in [2.05, 4.69) is 29.1 Å². The van der Waals surface area contributed by atoms with Crippen LogP contribution in [0.5, 0.6) is 0 Å². The maximum absolute atomic E-state index is 10.7. The third kappa shape index (κ3) is 5.92. The van der Waals surface area contributed by atoms with E-state index < -0.39 is 0 Å². The summed E-state index contributed by atoms with van der Waals surface area (Å²) in [6.45, 7) is 7.25. The molecule has 1 N–H and O–H groups in total. The van der Waals surface area contributed by atoms with Crippen molar-refractivity contribution in [1.29, 1.82) is 0 Å². The van der Waals surface area contributed by atoms with Crippen molar-refractivity contribution in [3.63, 3.8) is 0 Å². The van der Waals surface area contributed by atoms with Crippen molar-refractivity contribution >= 4 is 35.6 Å². The van der Waals surface area contributed by atoms with E-state index >= 15 is 0 Å². The Labute approximate surface area is 160 Å². The molecule has 1 heterocycles. The van der Waals surface area contributed by atoms with E-state index in [-0.39, 0.29) is 34.6 Å². The molecule has 0 spiro atoms. The molecule has 2 rings (SSSR count). The van der Waals surface area contributed by atoms with Gasteiger partial charge in [-0.15, -0.1) is 24.0 Å². The molecular formula is C17H27IN4O2. The van der Waals surface area contributed by atoms with Crippen molar-refractivity contribution < 1.29 is 4.92 Å². The summed E-state index contributed by atoms with van der Waals surface area (Å²) in [7, 11) is 1.80. The van der Waals surface area contributed by atoms with Gasteiger partial charge in [-0.25, -0.2) is 0 Å². The van der Waals surface area contributed by atoms with Crippen molar-refractivity contribution in [3.05, 3.63) is 39.9 Å². The molecule has 1 atom stereocenters. The van der Waals surface area contributed by atoms with Crippen LogP contribution in [0, 0.1) is 22.0 Å². The number of hydrogen-bond donors (Lipinski definition) is 1. The monoisotopic (exact) mass is 446 g/mol. The van der Waals surface area contributed by atoms with Crippen LogP contribution in [0.1, 0.15) is 32.3 Å². The molecule has 0 bridgehead atoms. The Hall–Kier alpha value is -1.38. The highest BCUT2D eigenvalue weighted by Gasteiger charge is 2.25. The van der Waals surface area contributed by atoms with E-state index in [1.807, 2.05) is 0 Å². The Bertz CT molecular complexity index is 560. The Morgan fingerprint density at radius 3 is 2.62 bits per heavy atom. The first-order valence-corrected chi connectivity index (χ1v) is 8.18. The van der Waals surface area contributed by atoms with E-state index in [4.69, 9.17) is 0 Å². The second kappa shape index (κ2) is 9.80. The highest BCUT2D eigenvalue weighted by molar-refractivity contribution is 14.0. The number of aliphatic imine (C=N–C) groups is 1. The molecule has 7 heteroatoms. The lowest BCUT2D eigenvalue weighted by molar-refractivity contribution is -0.384. The van der Waals surface area contributed by atoms with E-state index in [1.54, 1.807) is 19.2 Å². The van der Waals surface area contributed by atoms with E-state index in [0.29, 0.717) is 6.54 Å². The summed E-state index contributed by atoms with van der Waals surface area (Å²) in [4.78, 5) is 17.0. The molecule has 0 radical (unpaired) electrons. The lowest BCUT2D eigenvalue weighted by Gasteiger charge is -2.22. The maximum Gasteiger partial charge on any atom is 0.269 e. The average Bonchev–Trinajstić information content (AvgIpc) is 2.96. The number of likely N-dealkylation sites (tertiary alicyclic amines) is 1. The van der Waals surface area contributed by atoms with Crippen LogP contribution < -0.4 is 5.32 Å². The van der Waals surface area contributed by atoms with Gasteiger partial charge in [0.25, 0.3) is 5.69 Å². The van der Waals surface area contributed by atoms with Gasteiger partial charge in [0.15, 0.2) is 5.96 Å². The minimum atomic E-state index is -0.380. The molecule has 0 aromatic heterocycles. The van der Waals surface area contributed by atoms with Crippen LogP contribution in [0.2, 0.25) is 0 Å². The predicted molar refractivity (Wildman–Crippen MR) is 108 cm³/mol. The van der Waals surface area contributed by atoms with Gasteiger partial charge in [-0.2, -0.15) is 0 Å². The van der Waals surface area contributed by atoms with Gasteiger partial charge in [0.1, 0.15) is 0 Å². The van der Waals surface area contributed by atoms with Crippen LogP contribution in [0.3, 0.4) is 0 Å². The fourth-order valence-electron chi connectivity index (χ4n) is 3.13. The summed E-state index contributed by atoms with van der Waals surface area (Å²) in [5, 5.41) is 14.0. The summed E-state index contributed by atoms with van der Waals surface area (Å²) in [5.41, 5.74) is 1.13. The van der Waals surface area contributed by atoms with Crippen LogP contribution in [0.4, 0.5) is 5.69 Å². The second-order valence-electron chi connectivity index (χ2n) is 6.55. The quantitative estimate of drug-likeness (QED) is 0.247. The average molecular weight is 446 g/mol. The fourth-order valence-corrected chi connectivity index (χ4v) is 3.13. The van der Waals surface area contributed by atoms with E-state index in [9.17, 15) is 10.1 Å². The molecule has 1 fully saturated rings. The van der Waals surface area contributed by atoms with Crippen LogP contribution in [-0.4, -0.2) is 35.9 Å². The van der Waals surface area contributed by atoms with Gasteiger partial charge in [0.05, 0.1) is 4.92 Å². The molecule has 1 aromatic carbocycles. The van der Waals surface area contributed by atoms with E-state index in [0.717, 1.165) is 36.4 Å². The summed E-state index contributed by atoms with van der Waals surface area (Å²) >= 11 is 0. The van der Waals surface area contributed by atoms with E-state index in [1.165, 1.54) is 25.0 Å². The number of hydrogen-bond acceptors (Lipinski definition) is 3. The lowest BCUT2D eigenvalue weighted by atomic mass is 9.97. The number of nitro benzene ring substituents is 1. The minimum Gasteiger partial charge on any atom is -0.352 e. The fraction of sp³-hybridized carbons (Fsp3) is 0.588. The number of non-ortho nitro benzene ring substituents is 1. The smallest absolute Gasteiger partial charge is 0.269 e. The van der Waals surface area contributed by atoms with Gasteiger partial charge in [-0.3, -0.25) is 15.1 Å². The first-order valence-electron chi connectivity index (χ1n) is 8.18. The Morgan fingerprint density at radius 2 is 2.08 bits per heavy atom. The standard InChI is InChI=1S/C17H26N4O2.HI/c1-13(2)10-15-8-9-20(12-15)17(18-3)19-11-14-4-6-16(7-5-14)21(22)23;/h4-7,13,15H,8-12H2,1-3H3,(H,18,19);1H. The highest BCUT2D eigenvalue weighted by Crippen LogP contribution is 2.23. The molecule has 0 aliphatic carbocycles. The molecule has 0 saturated carbocycles. The zero-order valence-corrected chi connectivity index (χ0v) is 16.9. The zero-order valence-electron chi connectivity index (χ0n) is 14.6. The van der Waals surface area contributed by atoms with Crippen molar-refractivity contribution in [3.8, 4) is 0 Å². The zero-order chi connectivity index (χ0) is 16.8.